The van der Waals surface area contributed by atoms with E-state index in [4.69, 9.17) is 10.3 Å². The summed E-state index contributed by atoms with van der Waals surface area (Å²) in [6.45, 7) is 5.26. The van der Waals surface area contributed by atoms with Crippen LogP contribution < -0.4 is 10.6 Å². The first-order valence-corrected chi connectivity index (χ1v) is 12.9. The summed E-state index contributed by atoms with van der Waals surface area (Å²) in [6.07, 6.45) is 4.61. The lowest BCUT2D eigenvalue weighted by Crippen LogP contribution is -2.57. The van der Waals surface area contributed by atoms with Crippen LogP contribution >= 0.6 is 0 Å². The van der Waals surface area contributed by atoms with Gasteiger partial charge in [0.05, 0.1) is 6.04 Å². The molecule has 1 aromatic carbocycles. The molecule has 4 rings (SSSR count). The van der Waals surface area contributed by atoms with Gasteiger partial charge in [-0.25, -0.2) is 4.79 Å². The molecule has 5 atom stereocenters. The van der Waals surface area contributed by atoms with E-state index in [2.05, 4.69) is 32.8 Å². The molecule has 10 heteroatoms. The number of carbonyl (C=O) groups excluding carboxylic acids is 3. The number of rotatable bonds is 4. The third kappa shape index (κ3) is 5.93. The Morgan fingerprint density at radius 2 is 1.86 bits per heavy atom. The van der Waals surface area contributed by atoms with Crippen LogP contribution in [-0.4, -0.2) is 52.6 Å². The van der Waals surface area contributed by atoms with Gasteiger partial charge in [-0.3, -0.25) is 9.59 Å². The van der Waals surface area contributed by atoms with Crippen LogP contribution in [0.3, 0.4) is 0 Å². The maximum atomic E-state index is 13.7. The van der Waals surface area contributed by atoms with Gasteiger partial charge in [-0.1, -0.05) is 29.4 Å². The van der Waals surface area contributed by atoms with Gasteiger partial charge in [0.25, 0.3) is 0 Å². The predicted molar refractivity (Wildman–Crippen MR) is 134 cm³/mol. The van der Waals surface area contributed by atoms with E-state index in [0.717, 1.165) is 24.8 Å². The monoisotopic (exact) mass is 496 g/mol. The summed E-state index contributed by atoms with van der Waals surface area (Å²) in [4.78, 5) is 44.4. The van der Waals surface area contributed by atoms with Crippen LogP contribution in [0.5, 0.6) is 0 Å². The first-order valence-electron chi connectivity index (χ1n) is 12.9. The number of hydrogen-bond donors (Lipinski definition) is 2. The molecule has 194 valence electrons. The van der Waals surface area contributed by atoms with Crippen LogP contribution in [0.2, 0.25) is 0 Å². The van der Waals surface area contributed by atoms with Crippen molar-refractivity contribution < 1.29 is 19.1 Å². The predicted octanol–water partition coefficient (Wildman–Crippen LogP) is 4.30. The summed E-state index contributed by atoms with van der Waals surface area (Å²) >= 11 is 0. The van der Waals surface area contributed by atoms with Crippen molar-refractivity contribution in [2.75, 3.05) is 0 Å². The first kappa shape index (κ1) is 25.8. The number of carbonyl (C=O) groups is 3. The molecule has 0 unspecified atom stereocenters. The molecule has 0 spiro atoms. The zero-order valence-electron chi connectivity index (χ0n) is 21.3. The Labute approximate surface area is 211 Å². The Bertz CT molecular complexity index is 1050. The van der Waals surface area contributed by atoms with Gasteiger partial charge in [-0.05, 0) is 88.8 Å². The Balaban J connectivity index is 1.54. The third-order valence-electron chi connectivity index (χ3n) is 7.28. The van der Waals surface area contributed by atoms with Crippen LogP contribution in [0, 0.1) is 0 Å². The Hall–Kier alpha value is -3.26. The van der Waals surface area contributed by atoms with E-state index in [9.17, 15) is 14.4 Å². The molecule has 2 aliphatic heterocycles. The molecule has 10 nitrogen and oxygen atoms in total. The molecule has 0 aromatic heterocycles. The Kier molecular flexibility index (Phi) is 7.73. The second-order valence-corrected chi connectivity index (χ2v) is 11.0. The number of nitrogens with zero attached hydrogens (tertiary/aromatic N) is 4. The van der Waals surface area contributed by atoms with Crippen molar-refractivity contribution >= 4 is 17.9 Å². The topological polar surface area (TPSA) is 136 Å². The zero-order chi connectivity index (χ0) is 25.9. The number of fused-ring (bicyclic) bond motifs is 2. The van der Waals surface area contributed by atoms with E-state index in [1.807, 2.05) is 12.1 Å². The van der Waals surface area contributed by atoms with Crippen molar-refractivity contribution in [3.8, 4) is 0 Å². The van der Waals surface area contributed by atoms with Crippen molar-refractivity contribution in [3.63, 3.8) is 0 Å². The maximum absolute atomic E-state index is 13.7. The summed E-state index contributed by atoms with van der Waals surface area (Å²) in [6, 6.07) is 6.04. The minimum Gasteiger partial charge on any atom is -0.444 e. The van der Waals surface area contributed by atoms with Crippen molar-refractivity contribution in [3.05, 3.63) is 45.8 Å². The highest BCUT2D eigenvalue weighted by Crippen LogP contribution is 2.34. The summed E-state index contributed by atoms with van der Waals surface area (Å²) < 4.78 is 5.37. The van der Waals surface area contributed by atoms with E-state index in [1.165, 1.54) is 5.56 Å². The summed E-state index contributed by atoms with van der Waals surface area (Å²) in [5.74, 6) is -0.462. The van der Waals surface area contributed by atoms with Crippen LogP contribution in [0.25, 0.3) is 10.4 Å². The Morgan fingerprint density at radius 3 is 2.61 bits per heavy atom. The fraction of sp³-hybridized carbons (Fsp3) is 0.654. The molecule has 2 heterocycles. The van der Waals surface area contributed by atoms with Gasteiger partial charge in [0.2, 0.25) is 11.8 Å². The van der Waals surface area contributed by atoms with Crippen LogP contribution in [0.1, 0.15) is 82.9 Å². The van der Waals surface area contributed by atoms with Gasteiger partial charge in [0, 0.05) is 17.0 Å². The summed E-state index contributed by atoms with van der Waals surface area (Å²) in [5, 5.41) is 9.84. The standard InChI is InChI=1S/C26H36N6O4/c1-26(2,3)36-25(35)29-21-13-11-17(30-31-27)15-18-12-14-22(32(18)24(21)34)23(33)28-20-10-6-8-16-7-4-5-9-19(16)20/h4-5,7,9,17-18,20-22H,6,8,10-15H2,1-3H3,(H,28,33)(H,29,35)/t17-,18+,20+,21-,22-/m0/s1. The lowest BCUT2D eigenvalue weighted by molar-refractivity contribution is -0.143. The molecule has 3 aliphatic rings. The molecular weight excluding hydrogens is 460 g/mol. The number of azide groups is 1. The van der Waals surface area contributed by atoms with Crippen molar-refractivity contribution in [2.24, 2.45) is 5.11 Å². The molecule has 0 bridgehead atoms. The van der Waals surface area contributed by atoms with Crippen molar-refractivity contribution in [2.45, 2.75) is 108 Å². The number of hydrogen-bond acceptors (Lipinski definition) is 5. The quantitative estimate of drug-likeness (QED) is 0.365. The van der Waals surface area contributed by atoms with Gasteiger partial charge in [0.15, 0.2) is 0 Å². The van der Waals surface area contributed by atoms with E-state index in [0.29, 0.717) is 32.1 Å². The molecule has 1 aliphatic carbocycles. The lowest BCUT2D eigenvalue weighted by Gasteiger charge is -2.37. The zero-order valence-corrected chi connectivity index (χ0v) is 21.3. The summed E-state index contributed by atoms with van der Waals surface area (Å²) in [7, 11) is 0. The highest BCUT2D eigenvalue weighted by molar-refractivity contribution is 5.92. The van der Waals surface area contributed by atoms with Gasteiger partial charge in [0.1, 0.15) is 17.7 Å². The highest BCUT2D eigenvalue weighted by Gasteiger charge is 2.46. The van der Waals surface area contributed by atoms with Gasteiger partial charge >= 0.3 is 6.09 Å². The molecular formula is C26H36N6O4. The number of benzene rings is 1. The first-order chi connectivity index (χ1) is 17.2. The molecule has 1 aromatic rings. The molecule has 0 radical (unpaired) electrons. The minimum absolute atomic E-state index is 0.0852. The number of nitrogens with one attached hydrogen (secondary N) is 2. The fourth-order valence-electron chi connectivity index (χ4n) is 5.73. The minimum atomic E-state index is -0.858. The molecule has 2 saturated heterocycles. The van der Waals surface area contributed by atoms with E-state index in [1.54, 1.807) is 25.7 Å². The normalized spacial score (nSPS) is 28.0. The maximum Gasteiger partial charge on any atom is 0.408 e. The third-order valence-corrected chi connectivity index (χ3v) is 7.28. The number of amides is 3. The molecule has 2 N–H and O–H groups in total. The average Bonchev–Trinajstić information content (AvgIpc) is 3.23. The van der Waals surface area contributed by atoms with E-state index < -0.39 is 23.8 Å². The second-order valence-electron chi connectivity index (χ2n) is 11.0. The van der Waals surface area contributed by atoms with E-state index >= 15 is 0 Å². The number of ether oxygens (including phenoxy) is 1. The average molecular weight is 497 g/mol. The van der Waals surface area contributed by atoms with Crippen LogP contribution in [0.15, 0.2) is 29.4 Å². The highest BCUT2D eigenvalue weighted by atomic mass is 16.6. The lowest BCUT2D eigenvalue weighted by atomic mass is 9.87. The molecule has 0 saturated carbocycles. The van der Waals surface area contributed by atoms with E-state index in [-0.39, 0.29) is 29.9 Å². The van der Waals surface area contributed by atoms with Crippen LogP contribution in [0.4, 0.5) is 4.79 Å². The summed E-state index contributed by atoms with van der Waals surface area (Å²) in [5.41, 5.74) is 10.7. The Morgan fingerprint density at radius 1 is 1.08 bits per heavy atom. The molecule has 3 amide bonds. The van der Waals surface area contributed by atoms with Gasteiger partial charge < -0.3 is 20.3 Å². The largest absolute Gasteiger partial charge is 0.444 e. The number of aryl methyl sites for hydroxylation is 1. The molecule has 36 heavy (non-hydrogen) atoms. The van der Waals surface area contributed by atoms with Crippen molar-refractivity contribution in [1.29, 1.82) is 0 Å². The number of alkyl carbamates (subject to hydrolysis) is 1. The molecule has 2 fully saturated rings. The second kappa shape index (κ2) is 10.8. The van der Waals surface area contributed by atoms with Gasteiger partial charge in [-0.15, -0.1) is 0 Å². The van der Waals surface area contributed by atoms with Gasteiger partial charge in [-0.2, -0.15) is 0 Å². The fourth-order valence-corrected chi connectivity index (χ4v) is 5.73. The van der Waals surface area contributed by atoms with Crippen molar-refractivity contribution in [1.82, 2.24) is 15.5 Å². The SMILES string of the molecule is CC(C)(C)OC(=O)N[C@H]1CC[C@H](N=[N+]=[N-])C[C@H]2CC[C@@H](C(=O)N[C@@H]3CCCc4ccccc43)N2C1=O. The van der Waals surface area contributed by atoms with Crippen LogP contribution in [-0.2, 0) is 20.7 Å². The smallest absolute Gasteiger partial charge is 0.408 e.